The van der Waals surface area contributed by atoms with Crippen molar-refractivity contribution in [3.63, 3.8) is 0 Å². The Labute approximate surface area is 143 Å². The minimum atomic E-state index is -3.46. The van der Waals surface area contributed by atoms with Crippen LogP contribution in [0.2, 0.25) is 0 Å². The molecule has 1 fully saturated rings. The highest BCUT2D eigenvalue weighted by Gasteiger charge is 2.16. The molecular weight excluding hydrogens is 322 g/mol. The first-order valence-corrected chi connectivity index (χ1v) is 9.71. The van der Waals surface area contributed by atoms with Gasteiger partial charge in [-0.3, -0.25) is 0 Å². The van der Waals surface area contributed by atoms with Crippen molar-refractivity contribution < 1.29 is 8.42 Å². The van der Waals surface area contributed by atoms with Crippen molar-refractivity contribution in [1.29, 1.82) is 0 Å². The zero-order valence-electron chi connectivity index (χ0n) is 13.6. The first kappa shape index (κ1) is 17.0. The molecule has 1 heterocycles. The van der Waals surface area contributed by atoms with Gasteiger partial charge in [0, 0.05) is 18.8 Å². The van der Waals surface area contributed by atoms with Crippen molar-refractivity contribution in [3.05, 3.63) is 48.5 Å². The van der Waals surface area contributed by atoms with Crippen LogP contribution in [-0.4, -0.2) is 39.5 Å². The third kappa shape index (κ3) is 4.14. The SMILES string of the molecule is Nc1cccc(-c2ccc(S(=O)(=O)NCCN3CCCC3)cc2)c1. The molecule has 0 amide bonds. The van der Waals surface area contributed by atoms with Gasteiger partial charge < -0.3 is 10.6 Å². The van der Waals surface area contributed by atoms with Crippen LogP contribution in [0.1, 0.15) is 12.8 Å². The number of sulfonamides is 1. The number of nitrogens with two attached hydrogens (primary N) is 1. The molecule has 0 saturated carbocycles. The van der Waals surface area contributed by atoms with Gasteiger partial charge in [-0.25, -0.2) is 13.1 Å². The molecule has 2 aromatic rings. The van der Waals surface area contributed by atoms with Gasteiger partial charge in [-0.2, -0.15) is 0 Å². The average Bonchev–Trinajstić information content (AvgIpc) is 3.08. The number of nitrogens with zero attached hydrogens (tertiary/aromatic N) is 1. The van der Waals surface area contributed by atoms with Crippen molar-refractivity contribution in [1.82, 2.24) is 9.62 Å². The Hall–Kier alpha value is -1.89. The smallest absolute Gasteiger partial charge is 0.240 e. The maximum atomic E-state index is 12.4. The fourth-order valence-electron chi connectivity index (χ4n) is 2.97. The van der Waals surface area contributed by atoms with E-state index in [9.17, 15) is 8.42 Å². The highest BCUT2D eigenvalue weighted by Crippen LogP contribution is 2.23. The van der Waals surface area contributed by atoms with Crippen LogP contribution in [0.4, 0.5) is 5.69 Å². The lowest BCUT2D eigenvalue weighted by Crippen LogP contribution is -2.33. The van der Waals surface area contributed by atoms with Gasteiger partial charge in [-0.1, -0.05) is 24.3 Å². The summed E-state index contributed by atoms with van der Waals surface area (Å²) in [6, 6.07) is 14.4. The standard InChI is InChI=1S/C18H23N3O2S/c19-17-5-3-4-16(14-17)15-6-8-18(9-7-15)24(22,23)20-10-13-21-11-1-2-12-21/h3-9,14,20H,1-2,10-13,19H2. The minimum Gasteiger partial charge on any atom is -0.399 e. The number of anilines is 1. The van der Waals surface area contributed by atoms with Crippen LogP contribution in [-0.2, 0) is 10.0 Å². The van der Waals surface area contributed by atoms with E-state index in [1.54, 1.807) is 12.1 Å². The fraction of sp³-hybridized carbons (Fsp3) is 0.333. The van der Waals surface area contributed by atoms with Crippen LogP contribution in [0.3, 0.4) is 0 Å². The Bertz CT molecular complexity index is 782. The number of nitrogen functional groups attached to an aromatic ring is 1. The molecule has 1 aliphatic heterocycles. The van der Waals surface area contributed by atoms with Gasteiger partial charge in [0.05, 0.1) is 4.90 Å². The minimum absolute atomic E-state index is 0.288. The number of rotatable bonds is 6. The second-order valence-electron chi connectivity index (χ2n) is 6.10. The molecule has 3 rings (SSSR count). The molecule has 0 radical (unpaired) electrons. The third-order valence-corrected chi connectivity index (χ3v) is 5.78. The molecular formula is C18H23N3O2S. The van der Waals surface area contributed by atoms with Crippen molar-refractivity contribution in [2.24, 2.45) is 0 Å². The highest BCUT2D eigenvalue weighted by atomic mass is 32.2. The van der Waals surface area contributed by atoms with Crippen molar-refractivity contribution in [3.8, 4) is 11.1 Å². The van der Waals surface area contributed by atoms with Gasteiger partial charge in [0.2, 0.25) is 10.0 Å². The number of nitrogens with one attached hydrogen (secondary N) is 1. The van der Waals surface area contributed by atoms with Gasteiger partial charge in [0.15, 0.2) is 0 Å². The van der Waals surface area contributed by atoms with E-state index in [0.717, 1.165) is 30.8 Å². The van der Waals surface area contributed by atoms with E-state index in [2.05, 4.69) is 9.62 Å². The molecule has 0 aliphatic carbocycles. The first-order valence-electron chi connectivity index (χ1n) is 8.23. The average molecular weight is 345 g/mol. The van der Waals surface area contributed by atoms with Crippen LogP contribution < -0.4 is 10.5 Å². The summed E-state index contributed by atoms with van der Waals surface area (Å²) >= 11 is 0. The summed E-state index contributed by atoms with van der Waals surface area (Å²) in [5, 5.41) is 0. The van der Waals surface area contributed by atoms with Gasteiger partial charge >= 0.3 is 0 Å². The van der Waals surface area contributed by atoms with Crippen LogP contribution in [0.5, 0.6) is 0 Å². The van der Waals surface area contributed by atoms with Gasteiger partial charge in [0.25, 0.3) is 0 Å². The van der Waals surface area contributed by atoms with Gasteiger partial charge in [-0.05, 0) is 61.3 Å². The Morgan fingerprint density at radius 1 is 1.00 bits per heavy atom. The molecule has 0 unspecified atom stereocenters. The van der Waals surface area contributed by atoms with E-state index >= 15 is 0 Å². The lowest BCUT2D eigenvalue weighted by atomic mass is 10.1. The first-order chi connectivity index (χ1) is 11.5. The molecule has 2 aromatic carbocycles. The topological polar surface area (TPSA) is 75.4 Å². The summed E-state index contributed by atoms with van der Waals surface area (Å²) in [4.78, 5) is 2.57. The van der Waals surface area contributed by atoms with Crippen LogP contribution >= 0.6 is 0 Å². The number of hydrogen-bond acceptors (Lipinski definition) is 4. The second kappa shape index (κ2) is 7.34. The molecule has 3 N–H and O–H groups in total. The summed E-state index contributed by atoms with van der Waals surface area (Å²) in [6.07, 6.45) is 2.41. The van der Waals surface area contributed by atoms with Crippen molar-refractivity contribution in [2.45, 2.75) is 17.7 Å². The molecule has 5 nitrogen and oxygen atoms in total. The zero-order chi connectivity index (χ0) is 17.0. The Morgan fingerprint density at radius 3 is 2.38 bits per heavy atom. The molecule has 128 valence electrons. The van der Waals surface area contributed by atoms with E-state index in [4.69, 9.17) is 5.73 Å². The molecule has 0 spiro atoms. The summed E-state index contributed by atoms with van der Waals surface area (Å²) in [7, 11) is -3.46. The van der Waals surface area contributed by atoms with E-state index in [0.29, 0.717) is 12.2 Å². The van der Waals surface area contributed by atoms with Crippen LogP contribution in [0, 0.1) is 0 Å². The summed E-state index contributed by atoms with van der Waals surface area (Å²) in [6.45, 7) is 3.34. The second-order valence-corrected chi connectivity index (χ2v) is 7.86. The van der Waals surface area contributed by atoms with Gasteiger partial charge in [0.1, 0.15) is 0 Å². The lowest BCUT2D eigenvalue weighted by molar-refractivity contribution is 0.344. The van der Waals surface area contributed by atoms with E-state index in [-0.39, 0.29) is 4.90 Å². The molecule has 6 heteroatoms. The lowest BCUT2D eigenvalue weighted by Gasteiger charge is -2.15. The van der Waals surface area contributed by atoms with E-state index in [1.165, 1.54) is 12.8 Å². The molecule has 0 aromatic heterocycles. The predicted octanol–water partition coefficient (Wildman–Crippen LogP) is 2.31. The van der Waals surface area contributed by atoms with Crippen molar-refractivity contribution >= 4 is 15.7 Å². The monoisotopic (exact) mass is 345 g/mol. The van der Waals surface area contributed by atoms with E-state index in [1.807, 2.05) is 36.4 Å². The normalized spacial score (nSPS) is 15.7. The molecule has 0 bridgehead atoms. The maximum absolute atomic E-state index is 12.4. The number of benzene rings is 2. The number of likely N-dealkylation sites (tertiary alicyclic amines) is 1. The number of hydrogen-bond donors (Lipinski definition) is 2. The Morgan fingerprint density at radius 2 is 1.71 bits per heavy atom. The molecule has 1 saturated heterocycles. The van der Waals surface area contributed by atoms with Gasteiger partial charge in [-0.15, -0.1) is 0 Å². The molecule has 1 aliphatic rings. The third-order valence-electron chi connectivity index (χ3n) is 4.30. The summed E-state index contributed by atoms with van der Waals surface area (Å²) < 4.78 is 27.4. The predicted molar refractivity (Wildman–Crippen MR) is 97.2 cm³/mol. The van der Waals surface area contributed by atoms with Crippen LogP contribution in [0.25, 0.3) is 11.1 Å². The largest absolute Gasteiger partial charge is 0.399 e. The Kier molecular flexibility index (Phi) is 5.18. The van der Waals surface area contributed by atoms with E-state index < -0.39 is 10.0 Å². The van der Waals surface area contributed by atoms with Crippen LogP contribution in [0.15, 0.2) is 53.4 Å². The zero-order valence-corrected chi connectivity index (χ0v) is 14.4. The fourth-order valence-corrected chi connectivity index (χ4v) is 3.99. The summed E-state index contributed by atoms with van der Waals surface area (Å²) in [5.74, 6) is 0. The molecule has 0 atom stereocenters. The molecule has 24 heavy (non-hydrogen) atoms. The quantitative estimate of drug-likeness (QED) is 0.788. The van der Waals surface area contributed by atoms with Crippen molar-refractivity contribution in [2.75, 3.05) is 31.9 Å². The summed E-state index contributed by atoms with van der Waals surface area (Å²) in [5.41, 5.74) is 8.40. The Balaban J connectivity index is 1.65. The highest BCUT2D eigenvalue weighted by molar-refractivity contribution is 7.89. The maximum Gasteiger partial charge on any atom is 0.240 e.